The van der Waals surface area contributed by atoms with E-state index in [0.717, 1.165) is 5.56 Å². The Morgan fingerprint density at radius 2 is 1.76 bits per heavy atom. The molecule has 0 unspecified atom stereocenters. The molecule has 0 heterocycles. The maximum atomic E-state index is 12.5. The molecule has 0 bridgehead atoms. The van der Waals surface area contributed by atoms with Crippen molar-refractivity contribution in [2.45, 2.75) is 17.6 Å². The molecule has 0 radical (unpaired) electrons. The summed E-state index contributed by atoms with van der Waals surface area (Å²) in [6, 6.07) is 11.5. The first kappa shape index (κ1) is 15.8. The fourth-order valence-electron chi connectivity index (χ4n) is 1.98. The number of benzene rings is 2. The molecule has 0 aromatic heterocycles. The van der Waals surface area contributed by atoms with Crippen LogP contribution in [0.25, 0.3) is 0 Å². The van der Waals surface area contributed by atoms with E-state index in [0.29, 0.717) is 11.1 Å². The molecule has 2 aromatic carbocycles. The van der Waals surface area contributed by atoms with E-state index in [2.05, 4.69) is 0 Å². The number of nitrogens with zero attached hydrogens (tertiary/aromatic N) is 1. The van der Waals surface area contributed by atoms with Crippen molar-refractivity contribution in [3.63, 3.8) is 0 Å². The van der Waals surface area contributed by atoms with Gasteiger partial charge in [0.25, 0.3) is 0 Å². The molecule has 108 valence electrons. The highest BCUT2D eigenvalue weighted by atomic mass is 35.5. The minimum atomic E-state index is -3.66. The summed E-state index contributed by atoms with van der Waals surface area (Å²) in [7, 11) is -3.66. The van der Waals surface area contributed by atoms with Gasteiger partial charge in [-0.25, -0.2) is 8.42 Å². The van der Waals surface area contributed by atoms with Crippen LogP contribution in [0.15, 0.2) is 41.3 Å². The van der Waals surface area contributed by atoms with E-state index in [9.17, 15) is 8.42 Å². The lowest BCUT2D eigenvalue weighted by Gasteiger charge is -2.10. The van der Waals surface area contributed by atoms with Gasteiger partial charge >= 0.3 is 0 Å². The predicted octanol–water partition coefficient (Wildman–Crippen LogP) is 4.15. The summed E-state index contributed by atoms with van der Waals surface area (Å²) in [6.07, 6.45) is 0. The van der Waals surface area contributed by atoms with E-state index < -0.39 is 9.84 Å². The molecule has 0 N–H and O–H groups in total. The lowest BCUT2D eigenvalue weighted by atomic mass is 10.1. The van der Waals surface area contributed by atoms with E-state index in [1.165, 1.54) is 12.1 Å². The summed E-state index contributed by atoms with van der Waals surface area (Å²) < 4.78 is 25.0. The molecule has 0 aliphatic rings. The molecule has 0 amide bonds. The van der Waals surface area contributed by atoms with Crippen molar-refractivity contribution >= 4 is 33.0 Å². The van der Waals surface area contributed by atoms with E-state index >= 15 is 0 Å². The number of hydrogen-bond donors (Lipinski definition) is 0. The number of hydrogen-bond acceptors (Lipinski definition) is 3. The number of halogens is 2. The third kappa shape index (κ3) is 3.38. The summed E-state index contributed by atoms with van der Waals surface area (Å²) in [6.45, 7) is 1.76. The standard InChI is InChI=1S/C15H11Cl2NO2S/c1-10-7-11(8-18)5-6-12(10)9-21(19,20)15-13(16)3-2-4-14(15)17/h2-7H,9H2,1H3. The first-order chi connectivity index (χ1) is 9.85. The summed E-state index contributed by atoms with van der Waals surface area (Å²) >= 11 is 11.9. The Morgan fingerprint density at radius 3 is 2.29 bits per heavy atom. The average molecular weight is 340 g/mol. The van der Waals surface area contributed by atoms with Crippen molar-refractivity contribution in [3.8, 4) is 6.07 Å². The lowest BCUT2D eigenvalue weighted by molar-refractivity contribution is 0.595. The second-order valence-electron chi connectivity index (χ2n) is 4.56. The van der Waals surface area contributed by atoms with Crippen molar-refractivity contribution in [2.75, 3.05) is 0 Å². The van der Waals surface area contributed by atoms with Crippen molar-refractivity contribution in [1.82, 2.24) is 0 Å². The average Bonchev–Trinajstić information content (AvgIpc) is 2.40. The first-order valence-corrected chi connectivity index (χ1v) is 8.42. The molecular weight excluding hydrogens is 329 g/mol. The van der Waals surface area contributed by atoms with Gasteiger partial charge in [-0.3, -0.25) is 0 Å². The first-order valence-electron chi connectivity index (χ1n) is 6.01. The van der Waals surface area contributed by atoms with Crippen LogP contribution >= 0.6 is 23.2 Å². The minimum absolute atomic E-state index is 0.0582. The van der Waals surface area contributed by atoms with Crippen molar-refractivity contribution in [1.29, 1.82) is 5.26 Å². The molecule has 21 heavy (non-hydrogen) atoms. The van der Waals surface area contributed by atoms with Gasteiger partial charge in [-0.05, 0) is 42.3 Å². The molecular formula is C15H11Cl2NO2S. The molecule has 0 fully saturated rings. The Bertz CT molecular complexity index is 819. The smallest absolute Gasteiger partial charge is 0.185 e. The van der Waals surface area contributed by atoms with Crippen LogP contribution in [0.4, 0.5) is 0 Å². The van der Waals surface area contributed by atoms with Gasteiger partial charge in [-0.2, -0.15) is 5.26 Å². The highest BCUT2D eigenvalue weighted by Gasteiger charge is 2.22. The molecule has 0 aliphatic carbocycles. The molecule has 0 spiro atoms. The Kier molecular flexibility index (Phi) is 4.58. The number of sulfone groups is 1. The van der Waals surface area contributed by atoms with Crippen LogP contribution < -0.4 is 0 Å². The largest absolute Gasteiger partial charge is 0.223 e. The Hall–Kier alpha value is -1.54. The highest BCUT2D eigenvalue weighted by Crippen LogP contribution is 2.31. The Balaban J connectivity index is 2.46. The van der Waals surface area contributed by atoms with Crippen molar-refractivity contribution in [2.24, 2.45) is 0 Å². The monoisotopic (exact) mass is 339 g/mol. The van der Waals surface area contributed by atoms with Crippen LogP contribution in [0.3, 0.4) is 0 Å². The minimum Gasteiger partial charge on any atom is -0.223 e. The van der Waals surface area contributed by atoms with Crippen LogP contribution in [0.1, 0.15) is 16.7 Å². The van der Waals surface area contributed by atoms with Crippen LogP contribution in [-0.2, 0) is 15.6 Å². The van der Waals surface area contributed by atoms with Gasteiger partial charge in [-0.1, -0.05) is 35.3 Å². The quantitative estimate of drug-likeness (QED) is 0.843. The van der Waals surface area contributed by atoms with Gasteiger partial charge < -0.3 is 0 Å². The zero-order valence-corrected chi connectivity index (χ0v) is 13.4. The van der Waals surface area contributed by atoms with Crippen LogP contribution in [0, 0.1) is 18.3 Å². The topological polar surface area (TPSA) is 57.9 Å². The van der Waals surface area contributed by atoms with E-state index in [-0.39, 0.29) is 20.7 Å². The van der Waals surface area contributed by atoms with Gasteiger partial charge in [0.05, 0.1) is 27.4 Å². The number of aryl methyl sites for hydroxylation is 1. The van der Waals surface area contributed by atoms with Gasteiger partial charge in [-0.15, -0.1) is 0 Å². The molecule has 0 aliphatic heterocycles. The Labute approximate surface area is 133 Å². The van der Waals surface area contributed by atoms with Gasteiger partial charge in [0.1, 0.15) is 4.90 Å². The molecule has 0 saturated carbocycles. The van der Waals surface area contributed by atoms with Gasteiger partial charge in [0, 0.05) is 0 Å². The summed E-state index contributed by atoms with van der Waals surface area (Å²) in [5, 5.41) is 9.04. The van der Waals surface area contributed by atoms with Gasteiger partial charge in [0.15, 0.2) is 9.84 Å². The molecule has 3 nitrogen and oxygen atoms in total. The van der Waals surface area contributed by atoms with E-state index in [1.54, 1.807) is 31.2 Å². The summed E-state index contributed by atoms with van der Waals surface area (Å²) in [5.41, 5.74) is 1.84. The maximum absolute atomic E-state index is 12.5. The number of rotatable bonds is 3. The maximum Gasteiger partial charge on any atom is 0.185 e. The highest BCUT2D eigenvalue weighted by molar-refractivity contribution is 7.90. The molecule has 2 aromatic rings. The normalized spacial score (nSPS) is 11.1. The third-order valence-electron chi connectivity index (χ3n) is 3.05. The van der Waals surface area contributed by atoms with E-state index in [1.807, 2.05) is 6.07 Å². The van der Waals surface area contributed by atoms with Crippen LogP contribution in [0.2, 0.25) is 10.0 Å². The second-order valence-corrected chi connectivity index (χ2v) is 7.30. The zero-order valence-electron chi connectivity index (χ0n) is 11.1. The lowest BCUT2D eigenvalue weighted by Crippen LogP contribution is -2.07. The van der Waals surface area contributed by atoms with Crippen LogP contribution in [0.5, 0.6) is 0 Å². The molecule has 6 heteroatoms. The van der Waals surface area contributed by atoms with Crippen molar-refractivity contribution < 1.29 is 8.42 Å². The van der Waals surface area contributed by atoms with Gasteiger partial charge in [0.2, 0.25) is 0 Å². The molecule has 2 rings (SSSR count). The second kappa shape index (κ2) is 6.07. The SMILES string of the molecule is Cc1cc(C#N)ccc1CS(=O)(=O)c1c(Cl)cccc1Cl. The Morgan fingerprint density at radius 1 is 1.14 bits per heavy atom. The zero-order chi connectivity index (χ0) is 15.6. The number of nitriles is 1. The van der Waals surface area contributed by atoms with E-state index in [4.69, 9.17) is 28.5 Å². The predicted molar refractivity (Wildman–Crippen MR) is 83.2 cm³/mol. The summed E-state index contributed by atoms with van der Waals surface area (Å²) in [4.78, 5) is -0.0582. The summed E-state index contributed by atoms with van der Waals surface area (Å²) in [5.74, 6) is -0.214. The fraction of sp³-hybridized carbons (Fsp3) is 0.133. The third-order valence-corrected chi connectivity index (χ3v) is 5.65. The van der Waals surface area contributed by atoms with Crippen LogP contribution in [-0.4, -0.2) is 8.42 Å². The fourth-order valence-corrected chi connectivity index (χ4v) is 4.69. The molecule has 0 saturated heterocycles. The van der Waals surface area contributed by atoms with Crippen molar-refractivity contribution in [3.05, 3.63) is 63.1 Å². The molecule has 0 atom stereocenters.